The Labute approximate surface area is 158 Å². The number of ether oxygens (including phenoxy) is 1. The zero-order chi connectivity index (χ0) is 18.2. The molecule has 2 aromatic rings. The monoisotopic (exact) mass is 381 g/mol. The summed E-state index contributed by atoms with van der Waals surface area (Å²) in [6.07, 6.45) is 3.96. The van der Waals surface area contributed by atoms with Gasteiger partial charge in [-0.1, -0.05) is 6.92 Å². The second-order valence-corrected chi connectivity index (χ2v) is 7.80. The average Bonchev–Trinajstić information content (AvgIpc) is 3.27. The van der Waals surface area contributed by atoms with Gasteiger partial charge in [-0.2, -0.15) is 0 Å². The summed E-state index contributed by atoms with van der Waals surface area (Å²) in [6.45, 7) is 5.69. The van der Waals surface area contributed by atoms with Crippen LogP contribution in [0.2, 0.25) is 0 Å². The number of guanidine groups is 1. The van der Waals surface area contributed by atoms with E-state index < -0.39 is 0 Å². The second kappa shape index (κ2) is 9.84. The van der Waals surface area contributed by atoms with E-state index in [0.717, 1.165) is 36.0 Å². The molecular weight excluding hydrogens is 354 g/mol. The summed E-state index contributed by atoms with van der Waals surface area (Å²) in [4.78, 5) is 16.9. The van der Waals surface area contributed by atoms with Gasteiger partial charge in [-0.05, 0) is 13.3 Å². The van der Waals surface area contributed by atoms with Crippen molar-refractivity contribution in [2.75, 3.05) is 27.7 Å². The van der Waals surface area contributed by atoms with E-state index in [0.29, 0.717) is 6.54 Å². The van der Waals surface area contributed by atoms with E-state index in [1.165, 1.54) is 9.88 Å². The zero-order valence-corrected chi connectivity index (χ0v) is 17.2. The highest BCUT2D eigenvalue weighted by Crippen LogP contribution is 2.21. The third kappa shape index (κ3) is 5.76. The number of aryl methyl sites for hydroxylation is 1. The number of rotatable bonds is 8. The number of hydrogen-bond donors (Lipinski definition) is 1. The Morgan fingerprint density at radius 1 is 1.48 bits per heavy atom. The molecule has 0 bridgehead atoms. The van der Waals surface area contributed by atoms with E-state index in [-0.39, 0.29) is 6.10 Å². The van der Waals surface area contributed by atoms with Crippen molar-refractivity contribution in [1.29, 1.82) is 0 Å². The van der Waals surface area contributed by atoms with E-state index >= 15 is 0 Å². The molecule has 0 saturated carbocycles. The smallest absolute Gasteiger partial charge is 0.193 e. The van der Waals surface area contributed by atoms with Gasteiger partial charge in [-0.3, -0.25) is 4.99 Å². The number of nitrogens with zero attached hydrogens (tertiary/aromatic N) is 4. The molecule has 8 heteroatoms. The molecule has 2 rings (SSSR count). The van der Waals surface area contributed by atoms with Gasteiger partial charge in [-0.15, -0.1) is 22.7 Å². The molecule has 2 aromatic heterocycles. The van der Waals surface area contributed by atoms with Gasteiger partial charge in [0.1, 0.15) is 11.1 Å². The molecule has 1 N–H and O–H groups in total. The number of hydrogen-bond acceptors (Lipinski definition) is 6. The van der Waals surface area contributed by atoms with Gasteiger partial charge in [0, 0.05) is 50.6 Å². The van der Waals surface area contributed by atoms with Crippen molar-refractivity contribution in [2.45, 2.75) is 39.3 Å². The maximum Gasteiger partial charge on any atom is 0.193 e. The first-order chi connectivity index (χ1) is 12.1. The fourth-order valence-electron chi connectivity index (χ4n) is 2.29. The van der Waals surface area contributed by atoms with Crippen molar-refractivity contribution in [2.24, 2.45) is 4.99 Å². The molecule has 25 heavy (non-hydrogen) atoms. The lowest BCUT2D eigenvalue weighted by Crippen LogP contribution is -2.39. The van der Waals surface area contributed by atoms with Crippen LogP contribution in [0.5, 0.6) is 0 Å². The molecule has 6 nitrogen and oxygen atoms in total. The van der Waals surface area contributed by atoms with Crippen molar-refractivity contribution in [3.05, 3.63) is 32.2 Å². The van der Waals surface area contributed by atoms with Crippen LogP contribution in [-0.2, 0) is 24.1 Å². The fraction of sp³-hybridized carbons (Fsp3) is 0.588. The van der Waals surface area contributed by atoms with Crippen LogP contribution in [0.1, 0.15) is 40.5 Å². The van der Waals surface area contributed by atoms with E-state index in [4.69, 9.17) is 4.74 Å². The number of methoxy groups -OCH3 is 1. The van der Waals surface area contributed by atoms with Crippen LogP contribution < -0.4 is 5.32 Å². The van der Waals surface area contributed by atoms with E-state index in [9.17, 15) is 0 Å². The number of thiazole rings is 2. The molecule has 0 spiro atoms. The Morgan fingerprint density at radius 3 is 2.92 bits per heavy atom. The minimum Gasteiger partial charge on any atom is -0.375 e. The Morgan fingerprint density at radius 2 is 2.28 bits per heavy atom. The largest absolute Gasteiger partial charge is 0.375 e. The maximum absolute atomic E-state index is 5.32. The lowest BCUT2D eigenvalue weighted by molar-refractivity contribution is 0.119. The van der Waals surface area contributed by atoms with Crippen molar-refractivity contribution in [1.82, 2.24) is 20.2 Å². The minimum atomic E-state index is 0.0350. The molecule has 0 aliphatic heterocycles. The normalized spacial score (nSPS) is 13.1. The predicted octanol–water partition coefficient (Wildman–Crippen LogP) is 3.12. The van der Waals surface area contributed by atoms with Crippen LogP contribution >= 0.6 is 22.7 Å². The average molecular weight is 382 g/mol. The van der Waals surface area contributed by atoms with Crippen molar-refractivity contribution >= 4 is 28.6 Å². The Bertz CT molecular complexity index is 682. The topological polar surface area (TPSA) is 62.6 Å². The van der Waals surface area contributed by atoms with Gasteiger partial charge in [0.15, 0.2) is 5.96 Å². The summed E-state index contributed by atoms with van der Waals surface area (Å²) in [7, 11) is 5.53. The highest BCUT2D eigenvalue weighted by molar-refractivity contribution is 7.11. The Kier molecular flexibility index (Phi) is 7.80. The van der Waals surface area contributed by atoms with E-state index in [1.54, 1.807) is 36.8 Å². The highest BCUT2D eigenvalue weighted by atomic mass is 32.1. The lowest BCUT2D eigenvalue weighted by atomic mass is 10.4. The van der Waals surface area contributed by atoms with Gasteiger partial charge in [0.2, 0.25) is 0 Å². The SMILES string of the molecule is CCc1cnc(CCNC(=NC)N(C)Cc2csc(C(C)OC)n2)s1. The van der Waals surface area contributed by atoms with E-state index in [1.807, 2.05) is 20.2 Å². The van der Waals surface area contributed by atoms with Crippen molar-refractivity contribution in [3.8, 4) is 0 Å². The third-order valence-corrected chi connectivity index (χ3v) is 6.07. The standard InChI is InChI=1S/C17H27N5OS2/c1-6-14-9-20-15(25-14)7-8-19-17(18-3)22(4)10-13-11-24-16(21-13)12(2)23-5/h9,11-12H,6-8,10H2,1-5H3,(H,18,19). The van der Waals surface area contributed by atoms with Gasteiger partial charge >= 0.3 is 0 Å². The summed E-state index contributed by atoms with van der Waals surface area (Å²) < 4.78 is 5.32. The molecule has 0 aromatic carbocycles. The quantitative estimate of drug-likeness (QED) is 0.562. The highest BCUT2D eigenvalue weighted by Gasteiger charge is 2.12. The van der Waals surface area contributed by atoms with Crippen LogP contribution in [0.15, 0.2) is 16.6 Å². The van der Waals surface area contributed by atoms with Crippen molar-refractivity contribution in [3.63, 3.8) is 0 Å². The first-order valence-electron chi connectivity index (χ1n) is 8.39. The number of aliphatic imine (C=N–C) groups is 1. The number of aromatic nitrogens is 2. The molecule has 0 aliphatic carbocycles. The Hall–Kier alpha value is -1.51. The predicted molar refractivity (Wildman–Crippen MR) is 106 cm³/mol. The second-order valence-electron chi connectivity index (χ2n) is 5.71. The summed E-state index contributed by atoms with van der Waals surface area (Å²) in [6, 6.07) is 0. The molecule has 138 valence electrons. The molecule has 1 atom stereocenters. The summed E-state index contributed by atoms with van der Waals surface area (Å²) in [5.74, 6) is 0.863. The molecule has 0 radical (unpaired) electrons. The van der Waals surface area contributed by atoms with Crippen LogP contribution in [0.3, 0.4) is 0 Å². The first kappa shape index (κ1) is 19.8. The van der Waals surface area contributed by atoms with Crippen LogP contribution in [0.4, 0.5) is 0 Å². The molecular formula is C17H27N5OS2. The molecule has 1 unspecified atom stereocenters. The zero-order valence-electron chi connectivity index (χ0n) is 15.6. The first-order valence-corrected chi connectivity index (χ1v) is 10.1. The Balaban J connectivity index is 1.83. The van der Waals surface area contributed by atoms with Gasteiger partial charge in [0.05, 0.1) is 17.2 Å². The lowest BCUT2D eigenvalue weighted by Gasteiger charge is -2.21. The molecule has 0 aliphatic rings. The molecule has 0 saturated heterocycles. The fourth-order valence-corrected chi connectivity index (χ4v) is 4.00. The van der Waals surface area contributed by atoms with Gasteiger partial charge in [0.25, 0.3) is 0 Å². The maximum atomic E-state index is 5.32. The summed E-state index contributed by atoms with van der Waals surface area (Å²) in [5.41, 5.74) is 1.03. The third-order valence-electron chi connectivity index (χ3n) is 3.82. The van der Waals surface area contributed by atoms with Gasteiger partial charge < -0.3 is 15.0 Å². The minimum absolute atomic E-state index is 0.0350. The van der Waals surface area contributed by atoms with Crippen LogP contribution in [0.25, 0.3) is 0 Å². The molecule has 0 amide bonds. The summed E-state index contributed by atoms with van der Waals surface area (Å²) >= 11 is 3.42. The van der Waals surface area contributed by atoms with Crippen molar-refractivity contribution < 1.29 is 4.74 Å². The van der Waals surface area contributed by atoms with Crippen LogP contribution in [-0.4, -0.2) is 48.6 Å². The van der Waals surface area contributed by atoms with E-state index in [2.05, 4.69) is 37.5 Å². The molecule has 0 fully saturated rings. The van der Waals surface area contributed by atoms with Gasteiger partial charge in [-0.25, -0.2) is 9.97 Å². The number of nitrogens with one attached hydrogen (secondary N) is 1. The summed E-state index contributed by atoms with van der Waals surface area (Å²) in [5, 5.41) is 7.65. The van der Waals surface area contributed by atoms with Crippen LogP contribution in [0, 0.1) is 0 Å². The molecule has 2 heterocycles.